The highest BCUT2D eigenvalue weighted by Gasteiger charge is 2.16. The summed E-state index contributed by atoms with van der Waals surface area (Å²) >= 11 is 13.1. The minimum Gasteiger partial charge on any atom is -0.369 e. The van der Waals surface area contributed by atoms with Crippen LogP contribution in [0.2, 0.25) is 10.0 Å². The van der Waals surface area contributed by atoms with E-state index in [0.29, 0.717) is 20.8 Å². The van der Waals surface area contributed by atoms with Crippen LogP contribution >= 0.6 is 35.0 Å². The van der Waals surface area contributed by atoms with Crippen LogP contribution in [-0.4, -0.2) is 25.8 Å². The quantitative estimate of drug-likeness (QED) is 0.878. The van der Waals surface area contributed by atoms with Crippen LogP contribution in [0.5, 0.6) is 0 Å². The lowest BCUT2D eigenvalue weighted by Crippen LogP contribution is -2.22. The van der Waals surface area contributed by atoms with Gasteiger partial charge in [0.2, 0.25) is 5.91 Å². The summed E-state index contributed by atoms with van der Waals surface area (Å²) in [6, 6.07) is 1.58. The number of carbonyl (C=O) groups is 1. The first kappa shape index (κ1) is 12.5. The molecular formula is C9H8Cl2N4OS. The first-order valence-corrected chi connectivity index (χ1v) is 6.28. The van der Waals surface area contributed by atoms with Gasteiger partial charge < -0.3 is 5.73 Å². The van der Waals surface area contributed by atoms with Crippen molar-refractivity contribution in [3.63, 3.8) is 0 Å². The fourth-order valence-corrected chi connectivity index (χ4v) is 2.48. The van der Waals surface area contributed by atoms with Crippen molar-refractivity contribution in [2.75, 3.05) is 0 Å². The van der Waals surface area contributed by atoms with E-state index in [2.05, 4.69) is 10.2 Å². The van der Waals surface area contributed by atoms with Gasteiger partial charge >= 0.3 is 0 Å². The third kappa shape index (κ3) is 2.48. The molecule has 0 fully saturated rings. The first-order valence-electron chi connectivity index (χ1n) is 4.65. The van der Waals surface area contributed by atoms with Gasteiger partial charge in [-0.3, -0.25) is 9.20 Å². The van der Waals surface area contributed by atoms with Gasteiger partial charge in [0.05, 0.1) is 15.3 Å². The molecule has 17 heavy (non-hydrogen) atoms. The van der Waals surface area contributed by atoms with Crippen LogP contribution < -0.4 is 5.73 Å². The van der Waals surface area contributed by atoms with E-state index >= 15 is 0 Å². The number of pyridine rings is 1. The van der Waals surface area contributed by atoms with Gasteiger partial charge in [0.1, 0.15) is 0 Å². The molecule has 0 saturated carbocycles. The lowest BCUT2D eigenvalue weighted by atomic mass is 10.5. The Morgan fingerprint density at radius 3 is 2.88 bits per heavy atom. The van der Waals surface area contributed by atoms with E-state index < -0.39 is 11.2 Å². The van der Waals surface area contributed by atoms with Gasteiger partial charge in [0.25, 0.3) is 0 Å². The summed E-state index contributed by atoms with van der Waals surface area (Å²) in [6.45, 7) is 1.69. The van der Waals surface area contributed by atoms with Crippen LogP contribution in [0.25, 0.3) is 5.65 Å². The molecular weight excluding hydrogens is 283 g/mol. The molecule has 0 bridgehead atoms. The predicted molar refractivity (Wildman–Crippen MR) is 67.5 cm³/mol. The molecule has 90 valence electrons. The molecule has 2 heterocycles. The van der Waals surface area contributed by atoms with Crippen molar-refractivity contribution in [2.24, 2.45) is 5.73 Å². The third-order valence-corrected chi connectivity index (χ3v) is 3.64. The summed E-state index contributed by atoms with van der Waals surface area (Å²) in [5.41, 5.74) is 5.68. The Balaban J connectivity index is 2.45. The zero-order valence-corrected chi connectivity index (χ0v) is 11.1. The molecule has 0 aliphatic rings. The van der Waals surface area contributed by atoms with Gasteiger partial charge in [-0.15, -0.1) is 10.2 Å². The van der Waals surface area contributed by atoms with Gasteiger partial charge in [-0.05, 0) is 13.0 Å². The molecule has 0 aromatic carbocycles. The number of nitrogens with two attached hydrogens (primary N) is 1. The van der Waals surface area contributed by atoms with Crippen molar-refractivity contribution in [1.82, 2.24) is 14.6 Å². The van der Waals surface area contributed by atoms with E-state index in [9.17, 15) is 4.79 Å². The second-order valence-electron chi connectivity index (χ2n) is 3.34. The third-order valence-electron chi connectivity index (χ3n) is 2.08. The maximum absolute atomic E-state index is 11.0. The Bertz CT molecular complexity index is 586. The molecule has 0 spiro atoms. The molecule has 0 aliphatic heterocycles. The number of fused-ring (bicyclic) bond motifs is 1. The monoisotopic (exact) mass is 290 g/mol. The highest BCUT2D eigenvalue weighted by atomic mass is 35.5. The second kappa shape index (κ2) is 4.72. The van der Waals surface area contributed by atoms with Crippen LogP contribution in [0.15, 0.2) is 17.4 Å². The highest BCUT2D eigenvalue weighted by molar-refractivity contribution is 8.00. The number of halogens is 2. The van der Waals surface area contributed by atoms with Gasteiger partial charge in [-0.25, -0.2) is 0 Å². The summed E-state index contributed by atoms with van der Waals surface area (Å²) < 4.78 is 1.63. The SMILES string of the molecule is C[C@H](Sc1nnc2c(Cl)cc(Cl)cn12)C(N)=O. The Hall–Kier alpha value is -0.980. The summed E-state index contributed by atoms with van der Waals surface area (Å²) in [6.07, 6.45) is 1.64. The smallest absolute Gasteiger partial charge is 0.230 e. The fraction of sp³-hybridized carbons (Fsp3) is 0.222. The molecule has 2 aromatic rings. The normalized spacial score (nSPS) is 12.9. The second-order valence-corrected chi connectivity index (χ2v) is 5.50. The highest BCUT2D eigenvalue weighted by Crippen LogP contribution is 2.27. The van der Waals surface area contributed by atoms with Crippen molar-refractivity contribution in [3.8, 4) is 0 Å². The predicted octanol–water partition coefficient (Wildman–Crippen LogP) is 2.00. The van der Waals surface area contributed by atoms with Crippen molar-refractivity contribution in [3.05, 3.63) is 22.3 Å². The number of hydrogen-bond acceptors (Lipinski definition) is 4. The van der Waals surface area contributed by atoms with Crippen LogP contribution in [-0.2, 0) is 4.79 Å². The minimum atomic E-state index is -0.417. The number of carbonyl (C=O) groups excluding carboxylic acids is 1. The average molecular weight is 291 g/mol. The molecule has 1 atom stereocenters. The zero-order chi connectivity index (χ0) is 12.6. The van der Waals surface area contributed by atoms with Crippen molar-refractivity contribution < 1.29 is 4.79 Å². The number of thioether (sulfide) groups is 1. The minimum absolute atomic E-state index is 0.403. The lowest BCUT2D eigenvalue weighted by molar-refractivity contribution is -0.117. The number of nitrogens with zero attached hydrogens (tertiary/aromatic N) is 3. The number of hydrogen-bond donors (Lipinski definition) is 1. The molecule has 2 aromatic heterocycles. The van der Waals surface area contributed by atoms with Crippen molar-refractivity contribution in [2.45, 2.75) is 17.3 Å². The Morgan fingerprint density at radius 2 is 2.24 bits per heavy atom. The number of rotatable bonds is 3. The van der Waals surface area contributed by atoms with Gasteiger partial charge in [0.15, 0.2) is 10.8 Å². The van der Waals surface area contributed by atoms with E-state index in [0.717, 1.165) is 0 Å². The molecule has 0 unspecified atom stereocenters. The summed E-state index contributed by atoms with van der Waals surface area (Å²) in [5.74, 6) is -0.417. The Kier molecular flexibility index (Phi) is 3.46. The standard InChI is InChI=1S/C9H8Cl2N4OS/c1-4(7(12)16)17-9-14-13-8-6(11)2-5(10)3-15(8)9/h2-4H,1H3,(H2,12,16)/t4-/m0/s1. The van der Waals surface area contributed by atoms with Crippen LogP contribution in [0.1, 0.15) is 6.92 Å². The van der Waals surface area contributed by atoms with Gasteiger partial charge in [-0.2, -0.15) is 0 Å². The molecule has 2 N–H and O–H groups in total. The number of amides is 1. The van der Waals surface area contributed by atoms with Crippen LogP contribution in [0.3, 0.4) is 0 Å². The van der Waals surface area contributed by atoms with E-state index in [1.54, 1.807) is 23.6 Å². The average Bonchev–Trinajstić information content (AvgIpc) is 2.61. The van der Waals surface area contributed by atoms with E-state index in [1.807, 2.05) is 0 Å². The Labute approximate surface area is 111 Å². The van der Waals surface area contributed by atoms with E-state index in [-0.39, 0.29) is 0 Å². The number of aromatic nitrogens is 3. The molecule has 5 nitrogen and oxygen atoms in total. The van der Waals surface area contributed by atoms with Crippen molar-refractivity contribution in [1.29, 1.82) is 0 Å². The topological polar surface area (TPSA) is 73.3 Å². The molecule has 2 rings (SSSR count). The van der Waals surface area contributed by atoms with Crippen LogP contribution in [0, 0.1) is 0 Å². The Morgan fingerprint density at radius 1 is 1.53 bits per heavy atom. The summed E-state index contributed by atoms with van der Waals surface area (Å²) in [7, 11) is 0. The largest absolute Gasteiger partial charge is 0.369 e. The van der Waals surface area contributed by atoms with E-state index in [1.165, 1.54) is 11.8 Å². The van der Waals surface area contributed by atoms with Gasteiger partial charge in [-0.1, -0.05) is 35.0 Å². The maximum atomic E-state index is 11.0. The lowest BCUT2D eigenvalue weighted by Gasteiger charge is -2.05. The molecule has 0 saturated heterocycles. The zero-order valence-electron chi connectivity index (χ0n) is 8.72. The maximum Gasteiger partial charge on any atom is 0.230 e. The summed E-state index contributed by atoms with van der Waals surface area (Å²) in [4.78, 5) is 11.0. The van der Waals surface area contributed by atoms with Gasteiger partial charge in [0, 0.05) is 6.20 Å². The fourth-order valence-electron chi connectivity index (χ4n) is 1.20. The number of primary amides is 1. The van der Waals surface area contributed by atoms with E-state index in [4.69, 9.17) is 28.9 Å². The molecule has 8 heteroatoms. The molecule has 0 radical (unpaired) electrons. The van der Waals surface area contributed by atoms with Crippen molar-refractivity contribution >= 4 is 46.5 Å². The van der Waals surface area contributed by atoms with Crippen LogP contribution in [0.4, 0.5) is 0 Å². The molecule has 0 aliphatic carbocycles. The summed E-state index contributed by atoms with van der Waals surface area (Å²) in [5, 5.41) is 8.86. The first-order chi connectivity index (χ1) is 7.99. The molecule has 1 amide bonds.